The number of hydrogen-bond donors (Lipinski definition) is 2. The van der Waals surface area contributed by atoms with Gasteiger partial charge in [-0.3, -0.25) is 0 Å². The van der Waals surface area contributed by atoms with Crippen molar-refractivity contribution in [3.8, 4) is 0 Å². The smallest absolute Gasteiger partial charge is 0.384 e. The van der Waals surface area contributed by atoms with Gasteiger partial charge in [0.25, 0.3) is 0 Å². The summed E-state index contributed by atoms with van der Waals surface area (Å²) in [4.78, 5) is 0. The van der Waals surface area contributed by atoms with Gasteiger partial charge in [-0.05, 0) is 77.0 Å². The molecule has 13 heteroatoms. The third-order valence-electron chi connectivity index (χ3n) is 14.1. The van der Waals surface area contributed by atoms with Crippen LogP contribution < -0.4 is 0 Å². The minimum absolute atomic E-state index is 0. The molecule has 0 bridgehead atoms. The molecule has 319 valence electrons. The van der Waals surface area contributed by atoms with Crippen LogP contribution in [-0.4, -0.2) is 68.7 Å². The molecule has 0 aliphatic heterocycles. The molecule has 0 saturated heterocycles. The molecular formula is C41H72EuF6O4P2. The van der Waals surface area contributed by atoms with Gasteiger partial charge in [-0.1, -0.05) is 116 Å². The third kappa shape index (κ3) is 14.3. The Kier molecular flexibility index (Phi) is 22.3. The second-order valence-corrected chi connectivity index (χ2v) is 25.1. The van der Waals surface area contributed by atoms with E-state index in [4.69, 9.17) is 10.2 Å². The maximum absolute atomic E-state index is 14.3. The minimum atomic E-state index is -5.15. The van der Waals surface area contributed by atoms with Crippen LogP contribution in [0, 0.1) is 49.4 Å². The molecule has 54 heavy (non-hydrogen) atoms. The summed E-state index contributed by atoms with van der Waals surface area (Å²) >= 11 is 0. The number of hydrogen-bond acceptors (Lipinski definition) is 4. The zero-order valence-corrected chi connectivity index (χ0v) is 37.0. The van der Waals surface area contributed by atoms with E-state index in [1.165, 1.54) is 193 Å². The van der Waals surface area contributed by atoms with Crippen molar-refractivity contribution in [1.29, 1.82) is 0 Å². The summed E-state index contributed by atoms with van der Waals surface area (Å²) in [6.07, 6.45) is 21.8. The molecule has 6 rings (SSSR count). The molecule has 6 fully saturated rings. The van der Waals surface area contributed by atoms with E-state index in [0.717, 1.165) is 0 Å². The minimum Gasteiger partial charge on any atom is -0.384 e. The Morgan fingerprint density at radius 2 is 0.519 bits per heavy atom. The van der Waals surface area contributed by atoms with Crippen LogP contribution in [0.15, 0.2) is 0 Å². The maximum Gasteiger partial charge on any atom is 0.414 e. The quantitative estimate of drug-likeness (QED) is 0.188. The van der Waals surface area contributed by atoms with Gasteiger partial charge in [0.05, 0.1) is 14.3 Å². The van der Waals surface area contributed by atoms with Crippen LogP contribution in [0.4, 0.5) is 26.3 Å². The molecule has 4 nitrogen and oxygen atoms in total. The fourth-order valence-electron chi connectivity index (χ4n) is 11.2. The van der Waals surface area contributed by atoms with Gasteiger partial charge < -0.3 is 19.3 Å². The summed E-state index contributed by atoms with van der Waals surface area (Å²) in [6, 6.07) is 0. The van der Waals surface area contributed by atoms with E-state index in [1.807, 2.05) is 0 Å². The normalized spacial score (nSPS) is 25.6. The summed E-state index contributed by atoms with van der Waals surface area (Å²) in [7, 11) is -3.89. The topological polar surface area (TPSA) is 74.6 Å². The molecule has 0 aromatic heterocycles. The van der Waals surface area contributed by atoms with Crippen molar-refractivity contribution in [1.82, 2.24) is 0 Å². The first-order valence-corrected chi connectivity index (χ1v) is 25.7. The van der Waals surface area contributed by atoms with E-state index in [0.29, 0.717) is 34.0 Å². The van der Waals surface area contributed by atoms with Gasteiger partial charge in [0.15, 0.2) is 12.2 Å². The zero-order chi connectivity index (χ0) is 38.5. The number of halogens is 6. The van der Waals surface area contributed by atoms with Crippen molar-refractivity contribution in [2.45, 2.75) is 258 Å². The van der Waals surface area contributed by atoms with E-state index >= 15 is 0 Å². The summed E-state index contributed by atoms with van der Waals surface area (Å²) in [6.45, 7) is 0. The molecule has 0 spiro atoms. The number of alkyl halides is 6. The fourth-order valence-corrected chi connectivity index (χ4v) is 21.8. The average molecular weight is 957 g/mol. The number of aliphatic hydroxyl groups excluding tert-OH is 2. The monoisotopic (exact) mass is 957 g/mol. The van der Waals surface area contributed by atoms with Gasteiger partial charge in [0.2, 0.25) is 0 Å². The average Bonchev–Trinajstić information content (AvgIpc) is 3.19. The van der Waals surface area contributed by atoms with Gasteiger partial charge in [-0.25, -0.2) is 0 Å². The van der Waals surface area contributed by atoms with Crippen molar-refractivity contribution in [2.24, 2.45) is 0 Å². The van der Waals surface area contributed by atoms with E-state index in [2.05, 4.69) is 0 Å². The molecule has 0 aromatic carbocycles. The summed E-state index contributed by atoms with van der Waals surface area (Å²) in [5.74, 6) is 0. The number of aliphatic hydroxyl groups is 2. The van der Waals surface area contributed by atoms with E-state index in [9.17, 15) is 35.5 Å². The van der Waals surface area contributed by atoms with Crippen molar-refractivity contribution in [2.75, 3.05) is 0 Å². The molecule has 6 aliphatic carbocycles. The first-order chi connectivity index (χ1) is 25.2. The van der Waals surface area contributed by atoms with Crippen LogP contribution in [0.25, 0.3) is 0 Å². The third-order valence-corrected chi connectivity index (χ3v) is 24.0. The standard InChI is InChI=1S/2C18H33OP.C5H6F6O2.Eu/c2*19-20(16-10-4-1-5-11-16,17-12-6-2-7-13-17)18-14-8-3-9-15-18;6-4(7,8)2(12)1-3(13)5(9,10)11;/h2*16-18H,1-15H2;2-3,12-13H,1H2;. The molecule has 2 N–H and O–H groups in total. The van der Waals surface area contributed by atoms with Crippen LogP contribution in [0.3, 0.4) is 0 Å². The molecule has 0 aromatic rings. The van der Waals surface area contributed by atoms with E-state index in [-0.39, 0.29) is 49.4 Å². The predicted molar refractivity (Wildman–Crippen MR) is 205 cm³/mol. The Labute approximate surface area is 364 Å². The van der Waals surface area contributed by atoms with Crippen LogP contribution in [0.2, 0.25) is 0 Å². The second-order valence-electron chi connectivity index (χ2n) is 17.6. The summed E-state index contributed by atoms with van der Waals surface area (Å²) in [5.41, 5.74) is 3.76. The zero-order valence-electron chi connectivity index (χ0n) is 32.8. The number of rotatable bonds is 8. The van der Waals surface area contributed by atoms with Crippen LogP contribution in [-0.2, 0) is 9.13 Å². The van der Waals surface area contributed by atoms with Crippen molar-refractivity contribution >= 4 is 14.3 Å². The first-order valence-electron chi connectivity index (χ1n) is 21.9. The Balaban J connectivity index is 0.000000222. The summed E-state index contributed by atoms with van der Waals surface area (Å²) < 4.78 is 97.4. The second kappa shape index (κ2) is 24.1. The Morgan fingerprint density at radius 3 is 0.648 bits per heavy atom. The molecule has 2 unspecified atom stereocenters. The molecule has 6 aliphatic rings. The van der Waals surface area contributed by atoms with Crippen LogP contribution in [0.5, 0.6) is 0 Å². The van der Waals surface area contributed by atoms with Crippen LogP contribution >= 0.6 is 14.3 Å². The maximum atomic E-state index is 14.3. The molecule has 0 amide bonds. The predicted octanol–water partition coefficient (Wildman–Crippen LogP) is 13.9. The molecular weight excluding hydrogens is 884 g/mol. The van der Waals surface area contributed by atoms with Gasteiger partial charge >= 0.3 is 12.4 Å². The van der Waals surface area contributed by atoms with Crippen LogP contribution in [0.1, 0.15) is 199 Å². The van der Waals surface area contributed by atoms with E-state index in [1.54, 1.807) is 0 Å². The van der Waals surface area contributed by atoms with Gasteiger partial charge in [-0.15, -0.1) is 0 Å². The van der Waals surface area contributed by atoms with Gasteiger partial charge in [-0.2, -0.15) is 26.3 Å². The Morgan fingerprint density at radius 1 is 0.370 bits per heavy atom. The van der Waals surface area contributed by atoms with Gasteiger partial charge in [0, 0.05) is 89.8 Å². The SMILES string of the molecule is O=P(C1CCCCC1)(C1CCCCC1)C1CCCCC1.O=P(C1CCCCC1)(C1CCCCC1)C1CCCCC1.OC(CC(O)C(F)(F)F)C(F)(F)F.[Eu]. The van der Waals surface area contributed by atoms with Gasteiger partial charge in [0.1, 0.15) is 0 Å². The summed E-state index contributed by atoms with van der Waals surface area (Å²) in [5, 5.41) is 16.3. The van der Waals surface area contributed by atoms with Crippen molar-refractivity contribution < 1.29 is 95.1 Å². The molecule has 0 heterocycles. The largest absolute Gasteiger partial charge is 0.414 e. The fraction of sp³-hybridized carbons (Fsp3) is 1.00. The Hall–Kier alpha value is 1.54. The Bertz CT molecular complexity index is 929. The first kappa shape index (κ1) is 49.9. The molecule has 1 radical (unpaired) electrons. The molecule has 2 atom stereocenters. The van der Waals surface area contributed by atoms with Crippen molar-refractivity contribution in [3.63, 3.8) is 0 Å². The van der Waals surface area contributed by atoms with Crippen molar-refractivity contribution in [3.05, 3.63) is 0 Å². The molecule has 6 saturated carbocycles. The van der Waals surface area contributed by atoms with E-state index < -0.39 is 45.3 Å².